The van der Waals surface area contributed by atoms with Crippen LogP contribution in [0.3, 0.4) is 0 Å². The van der Waals surface area contributed by atoms with Gasteiger partial charge in [0.25, 0.3) is 5.91 Å². The second-order valence-electron chi connectivity index (χ2n) is 4.57. The molecule has 0 aliphatic heterocycles. The van der Waals surface area contributed by atoms with Crippen molar-refractivity contribution < 1.29 is 9.53 Å². The van der Waals surface area contributed by atoms with Crippen LogP contribution < -0.4 is 16.2 Å². The zero-order valence-electron chi connectivity index (χ0n) is 9.82. The first-order valence-corrected chi connectivity index (χ1v) is 5.99. The van der Waals surface area contributed by atoms with Crippen LogP contribution in [0.25, 0.3) is 0 Å². The number of anilines is 1. The summed E-state index contributed by atoms with van der Waals surface area (Å²) in [5.41, 5.74) is 11.6. The van der Waals surface area contributed by atoms with Gasteiger partial charge < -0.3 is 16.2 Å². The van der Waals surface area contributed by atoms with E-state index in [-0.39, 0.29) is 0 Å². The molecule has 0 atom stereocenters. The van der Waals surface area contributed by atoms with E-state index in [1.807, 2.05) is 0 Å². The van der Waals surface area contributed by atoms with Crippen molar-refractivity contribution in [2.45, 2.75) is 25.7 Å². The minimum Gasteiger partial charge on any atom is -0.493 e. The van der Waals surface area contributed by atoms with Crippen LogP contribution in [0.1, 0.15) is 36.0 Å². The highest BCUT2D eigenvalue weighted by atomic mass is 16.5. The summed E-state index contributed by atoms with van der Waals surface area (Å²) in [7, 11) is 0. The number of ether oxygens (including phenoxy) is 1. The second kappa shape index (κ2) is 5.08. The molecule has 92 valence electrons. The number of hydrogen-bond donors (Lipinski definition) is 2. The van der Waals surface area contributed by atoms with Crippen molar-refractivity contribution in [2.75, 3.05) is 12.3 Å². The van der Waals surface area contributed by atoms with Crippen molar-refractivity contribution >= 4 is 11.6 Å². The first kappa shape index (κ1) is 11.8. The van der Waals surface area contributed by atoms with Gasteiger partial charge >= 0.3 is 0 Å². The van der Waals surface area contributed by atoms with E-state index in [0.717, 1.165) is 0 Å². The minimum absolute atomic E-state index is 0.328. The van der Waals surface area contributed by atoms with E-state index in [9.17, 15) is 4.79 Å². The van der Waals surface area contributed by atoms with Gasteiger partial charge in [-0.25, -0.2) is 0 Å². The number of carbonyl (C=O) groups excluding carboxylic acids is 1. The summed E-state index contributed by atoms with van der Waals surface area (Å²) in [6.07, 6.45) is 5.06. The molecule has 0 radical (unpaired) electrons. The lowest BCUT2D eigenvalue weighted by Crippen LogP contribution is -2.14. The molecule has 1 fully saturated rings. The molecule has 0 bridgehead atoms. The molecule has 1 amide bonds. The third-order valence-corrected chi connectivity index (χ3v) is 3.25. The first-order chi connectivity index (χ1) is 8.16. The Balaban J connectivity index is 2.00. The molecule has 0 saturated heterocycles. The lowest BCUT2D eigenvalue weighted by molar-refractivity contribution is 0.100. The summed E-state index contributed by atoms with van der Waals surface area (Å²) in [6.45, 7) is 0.710. The highest BCUT2D eigenvalue weighted by Gasteiger charge is 2.16. The predicted octanol–water partition coefficient (Wildman–Crippen LogP) is 1.94. The van der Waals surface area contributed by atoms with Gasteiger partial charge in [-0.3, -0.25) is 4.79 Å². The molecule has 4 heteroatoms. The van der Waals surface area contributed by atoms with E-state index in [2.05, 4.69) is 0 Å². The van der Waals surface area contributed by atoms with Gasteiger partial charge in [0.15, 0.2) is 0 Å². The molecule has 0 unspecified atom stereocenters. The van der Waals surface area contributed by atoms with Gasteiger partial charge in [0.1, 0.15) is 5.75 Å². The van der Waals surface area contributed by atoms with Crippen molar-refractivity contribution in [2.24, 2.45) is 11.7 Å². The third-order valence-electron chi connectivity index (χ3n) is 3.25. The van der Waals surface area contributed by atoms with Crippen molar-refractivity contribution in [3.63, 3.8) is 0 Å². The maximum absolute atomic E-state index is 11.1. The predicted molar refractivity (Wildman–Crippen MR) is 66.8 cm³/mol. The van der Waals surface area contributed by atoms with E-state index < -0.39 is 5.91 Å². The fraction of sp³-hybridized carbons (Fsp3) is 0.462. The Hall–Kier alpha value is -1.71. The van der Waals surface area contributed by atoms with E-state index in [1.54, 1.807) is 18.2 Å². The molecule has 1 aliphatic rings. The topological polar surface area (TPSA) is 78.3 Å². The number of rotatable bonds is 4. The first-order valence-electron chi connectivity index (χ1n) is 5.99. The van der Waals surface area contributed by atoms with Crippen molar-refractivity contribution in [1.82, 2.24) is 0 Å². The average Bonchev–Trinajstić information content (AvgIpc) is 2.80. The molecule has 17 heavy (non-hydrogen) atoms. The SMILES string of the molecule is NC(=O)c1cc(OCC2CCCC2)ccc1N. The second-order valence-corrected chi connectivity index (χ2v) is 4.57. The number of carbonyl (C=O) groups is 1. The molecule has 0 spiro atoms. The molecule has 2 rings (SSSR count). The number of hydrogen-bond acceptors (Lipinski definition) is 3. The lowest BCUT2D eigenvalue weighted by Gasteiger charge is -2.12. The fourth-order valence-electron chi connectivity index (χ4n) is 2.23. The fourth-order valence-corrected chi connectivity index (χ4v) is 2.23. The van der Waals surface area contributed by atoms with Crippen LogP contribution in [0.5, 0.6) is 5.75 Å². The highest BCUT2D eigenvalue weighted by molar-refractivity contribution is 5.98. The Morgan fingerprint density at radius 2 is 2.06 bits per heavy atom. The number of primary amides is 1. The van der Waals surface area contributed by atoms with Gasteiger partial charge in [-0.1, -0.05) is 12.8 Å². The normalized spacial score (nSPS) is 16.0. The molecular weight excluding hydrogens is 216 g/mol. The molecule has 1 aromatic rings. The monoisotopic (exact) mass is 234 g/mol. The van der Waals surface area contributed by atoms with Gasteiger partial charge in [0, 0.05) is 5.69 Å². The van der Waals surface area contributed by atoms with Gasteiger partial charge in [0.2, 0.25) is 0 Å². The Labute approximate surface area is 101 Å². The number of amides is 1. The Morgan fingerprint density at radius 1 is 1.35 bits per heavy atom. The maximum atomic E-state index is 11.1. The molecule has 1 aliphatic carbocycles. The summed E-state index contributed by atoms with van der Waals surface area (Å²) >= 11 is 0. The van der Waals surface area contributed by atoms with Crippen molar-refractivity contribution in [3.8, 4) is 5.75 Å². The van der Waals surface area contributed by atoms with Crippen LogP contribution in [-0.2, 0) is 0 Å². The van der Waals surface area contributed by atoms with Crippen molar-refractivity contribution in [1.29, 1.82) is 0 Å². The summed E-state index contributed by atoms with van der Waals surface area (Å²) < 4.78 is 5.67. The largest absolute Gasteiger partial charge is 0.493 e. The maximum Gasteiger partial charge on any atom is 0.250 e. The standard InChI is InChI=1S/C13H18N2O2/c14-12-6-5-10(7-11(12)13(15)16)17-8-9-3-1-2-4-9/h5-7,9H,1-4,8,14H2,(H2,15,16). The van der Waals surface area contributed by atoms with Gasteiger partial charge in [-0.2, -0.15) is 0 Å². The molecular formula is C13H18N2O2. The molecule has 1 saturated carbocycles. The Bertz CT molecular complexity index is 412. The van der Waals surface area contributed by atoms with E-state index >= 15 is 0 Å². The van der Waals surface area contributed by atoms with E-state index in [4.69, 9.17) is 16.2 Å². The zero-order valence-corrected chi connectivity index (χ0v) is 9.82. The summed E-state index contributed by atoms with van der Waals surface area (Å²) in [5, 5.41) is 0. The zero-order chi connectivity index (χ0) is 12.3. The Morgan fingerprint density at radius 3 is 2.71 bits per heavy atom. The minimum atomic E-state index is -0.520. The number of nitrogen functional groups attached to an aromatic ring is 1. The highest BCUT2D eigenvalue weighted by Crippen LogP contribution is 2.26. The van der Waals surface area contributed by atoms with Crippen LogP contribution in [0.2, 0.25) is 0 Å². The molecule has 4 N–H and O–H groups in total. The summed E-state index contributed by atoms with van der Waals surface area (Å²) in [6, 6.07) is 5.05. The number of nitrogens with two attached hydrogens (primary N) is 2. The summed E-state index contributed by atoms with van der Waals surface area (Å²) in [5.74, 6) is 0.790. The van der Waals surface area contributed by atoms with Crippen LogP contribution in [-0.4, -0.2) is 12.5 Å². The van der Waals surface area contributed by atoms with E-state index in [0.29, 0.717) is 29.5 Å². The third kappa shape index (κ3) is 2.90. The Kier molecular flexibility index (Phi) is 3.52. The van der Waals surface area contributed by atoms with E-state index in [1.165, 1.54) is 25.7 Å². The molecule has 4 nitrogen and oxygen atoms in total. The lowest BCUT2D eigenvalue weighted by atomic mass is 10.1. The van der Waals surface area contributed by atoms with Crippen LogP contribution >= 0.6 is 0 Å². The smallest absolute Gasteiger partial charge is 0.250 e. The van der Waals surface area contributed by atoms with Crippen molar-refractivity contribution in [3.05, 3.63) is 23.8 Å². The van der Waals surface area contributed by atoms with Crippen LogP contribution in [0, 0.1) is 5.92 Å². The van der Waals surface area contributed by atoms with Gasteiger partial charge in [0.05, 0.1) is 12.2 Å². The quantitative estimate of drug-likeness (QED) is 0.781. The van der Waals surface area contributed by atoms with Crippen LogP contribution in [0.4, 0.5) is 5.69 Å². The van der Waals surface area contributed by atoms with Crippen LogP contribution in [0.15, 0.2) is 18.2 Å². The molecule has 0 heterocycles. The molecule has 1 aromatic carbocycles. The van der Waals surface area contributed by atoms with Gasteiger partial charge in [-0.15, -0.1) is 0 Å². The summed E-state index contributed by atoms with van der Waals surface area (Å²) in [4.78, 5) is 11.1. The van der Waals surface area contributed by atoms with Gasteiger partial charge in [-0.05, 0) is 37.0 Å². The average molecular weight is 234 g/mol. The molecule has 0 aromatic heterocycles. The number of benzene rings is 1.